The van der Waals surface area contributed by atoms with Gasteiger partial charge in [0.1, 0.15) is 11.5 Å². The third-order valence-electron chi connectivity index (χ3n) is 5.17. The number of carboxylic acid groups (broad SMARTS) is 1. The van der Waals surface area contributed by atoms with Gasteiger partial charge in [0.25, 0.3) is 0 Å². The van der Waals surface area contributed by atoms with Crippen LogP contribution in [0.1, 0.15) is 16.7 Å². The molecule has 2 N–H and O–H groups in total. The summed E-state index contributed by atoms with van der Waals surface area (Å²) in [7, 11) is -3.89. The van der Waals surface area contributed by atoms with E-state index < -0.39 is 39.7 Å². The lowest BCUT2D eigenvalue weighted by molar-refractivity contribution is -0.139. The number of aryl methyl sites for hydroxylation is 1. The molecule has 34 heavy (non-hydrogen) atoms. The largest absolute Gasteiger partial charge is 0.481 e. The summed E-state index contributed by atoms with van der Waals surface area (Å²) in [6.45, 7) is 1.38. The Morgan fingerprint density at radius 3 is 2.41 bits per heavy atom. The van der Waals surface area contributed by atoms with Crippen molar-refractivity contribution in [3.8, 4) is 11.5 Å². The van der Waals surface area contributed by atoms with Crippen molar-refractivity contribution in [3.05, 3.63) is 83.6 Å². The molecule has 1 heterocycles. The molecule has 0 radical (unpaired) electrons. The highest BCUT2D eigenvalue weighted by Crippen LogP contribution is 2.42. The number of alkyl halides is 3. The molecule has 0 fully saturated rings. The third-order valence-corrected chi connectivity index (χ3v) is 6.98. The molecular formula is C24H18F3NO5S. The highest BCUT2D eigenvalue weighted by molar-refractivity contribution is 7.91. The van der Waals surface area contributed by atoms with E-state index in [0.717, 1.165) is 6.07 Å². The number of carboxylic acids is 1. The van der Waals surface area contributed by atoms with Gasteiger partial charge in [0.2, 0.25) is 9.84 Å². The van der Waals surface area contributed by atoms with Crippen LogP contribution < -0.4 is 4.74 Å². The number of ether oxygens (including phenoxy) is 1. The minimum absolute atomic E-state index is 0.00352. The average Bonchev–Trinajstić information content (AvgIpc) is 3.19. The van der Waals surface area contributed by atoms with Gasteiger partial charge in [-0.05, 0) is 54.4 Å². The van der Waals surface area contributed by atoms with E-state index in [1.54, 1.807) is 18.2 Å². The van der Waals surface area contributed by atoms with Gasteiger partial charge in [-0.25, -0.2) is 8.42 Å². The van der Waals surface area contributed by atoms with Crippen LogP contribution in [0, 0.1) is 6.92 Å². The van der Waals surface area contributed by atoms with Gasteiger partial charge in [-0.15, -0.1) is 0 Å². The van der Waals surface area contributed by atoms with Crippen LogP contribution in [-0.4, -0.2) is 24.5 Å². The van der Waals surface area contributed by atoms with E-state index >= 15 is 0 Å². The Morgan fingerprint density at radius 2 is 1.76 bits per heavy atom. The number of carbonyl (C=O) groups is 1. The number of aliphatic carboxylic acids is 1. The molecule has 0 unspecified atom stereocenters. The zero-order chi connectivity index (χ0) is 24.7. The molecular weight excluding hydrogens is 471 g/mol. The Hall–Kier alpha value is -3.79. The molecule has 0 bridgehead atoms. The van der Waals surface area contributed by atoms with Gasteiger partial charge in [0, 0.05) is 17.1 Å². The van der Waals surface area contributed by atoms with Crippen LogP contribution in [0.15, 0.2) is 76.7 Å². The predicted octanol–water partition coefficient (Wildman–Crippen LogP) is 5.75. The van der Waals surface area contributed by atoms with Crippen LogP contribution in [0.4, 0.5) is 13.2 Å². The minimum Gasteiger partial charge on any atom is -0.481 e. The standard InChI is InChI=1S/C24H18F3NO5S/c1-14-9-15(11-22(29)30)10-19(24(25,26)27)23(14)33-16-7-8-20-18(12-16)21(13-28-20)34(31,32)17-5-3-2-4-6-17/h2-10,12-13,28H,11H2,1H3,(H,29,30). The van der Waals surface area contributed by atoms with Crippen LogP contribution in [0.3, 0.4) is 0 Å². The Balaban J connectivity index is 1.79. The van der Waals surface area contributed by atoms with Gasteiger partial charge >= 0.3 is 12.1 Å². The van der Waals surface area contributed by atoms with Crippen molar-refractivity contribution in [2.45, 2.75) is 29.3 Å². The number of rotatable bonds is 6. The fraction of sp³-hybridized carbons (Fsp3) is 0.125. The number of fused-ring (bicyclic) bond motifs is 1. The van der Waals surface area contributed by atoms with Crippen molar-refractivity contribution in [1.29, 1.82) is 0 Å². The lowest BCUT2D eigenvalue weighted by Crippen LogP contribution is -2.11. The molecule has 0 aliphatic rings. The number of benzene rings is 3. The van der Waals surface area contributed by atoms with Crippen LogP contribution >= 0.6 is 0 Å². The molecule has 4 aromatic rings. The molecule has 10 heteroatoms. The maximum atomic E-state index is 13.7. The fourth-order valence-corrected chi connectivity index (χ4v) is 5.12. The van der Waals surface area contributed by atoms with Crippen molar-refractivity contribution in [3.63, 3.8) is 0 Å². The van der Waals surface area contributed by atoms with E-state index in [-0.39, 0.29) is 32.1 Å². The van der Waals surface area contributed by atoms with Crippen LogP contribution in [0.25, 0.3) is 10.9 Å². The first-order chi connectivity index (χ1) is 16.0. The first-order valence-corrected chi connectivity index (χ1v) is 11.5. The topological polar surface area (TPSA) is 96.5 Å². The van der Waals surface area contributed by atoms with Crippen LogP contribution in [0.2, 0.25) is 0 Å². The summed E-state index contributed by atoms with van der Waals surface area (Å²) in [6, 6.07) is 14.1. The van der Waals surface area contributed by atoms with E-state index in [1.807, 2.05) is 0 Å². The first-order valence-electron chi connectivity index (χ1n) is 9.98. The summed E-state index contributed by atoms with van der Waals surface area (Å²) >= 11 is 0. The Labute approximate surface area is 192 Å². The first kappa shape index (κ1) is 23.4. The van der Waals surface area contributed by atoms with E-state index in [0.29, 0.717) is 5.52 Å². The number of H-pyrrole nitrogens is 1. The normalized spacial score (nSPS) is 12.1. The van der Waals surface area contributed by atoms with Gasteiger partial charge in [-0.3, -0.25) is 4.79 Å². The second-order valence-corrected chi connectivity index (χ2v) is 9.55. The highest BCUT2D eigenvalue weighted by atomic mass is 32.2. The van der Waals surface area contributed by atoms with Crippen molar-refractivity contribution < 1.29 is 36.2 Å². The number of nitrogens with one attached hydrogen (secondary N) is 1. The molecule has 0 saturated heterocycles. The molecule has 0 aliphatic carbocycles. The molecule has 6 nitrogen and oxygen atoms in total. The minimum atomic E-state index is -4.80. The maximum Gasteiger partial charge on any atom is 0.420 e. The molecule has 0 amide bonds. The number of hydrogen-bond acceptors (Lipinski definition) is 4. The number of hydrogen-bond donors (Lipinski definition) is 2. The van der Waals surface area contributed by atoms with Gasteiger partial charge in [0.15, 0.2) is 0 Å². The van der Waals surface area contributed by atoms with Crippen molar-refractivity contribution >= 4 is 26.7 Å². The van der Waals surface area contributed by atoms with E-state index in [1.165, 1.54) is 49.5 Å². The Morgan fingerprint density at radius 1 is 1.06 bits per heavy atom. The number of sulfone groups is 1. The molecule has 176 valence electrons. The number of aromatic amines is 1. The Bertz CT molecular complexity index is 1490. The van der Waals surface area contributed by atoms with E-state index in [4.69, 9.17) is 9.84 Å². The number of aromatic nitrogens is 1. The molecule has 0 atom stereocenters. The summed E-state index contributed by atoms with van der Waals surface area (Å²) in [4.78, 5) is 13.9. The summed E-state index contributed by atoms with van der Waals surface area (Å²) < 4.78 is 73.0. The lowest BCUT2D eigenvalue weighted by Gasteiger charge is -2.17. The van der Waals surface area contributed by atoms with Crippen molar-refractivity contribution in [2.75, 3.05) is 0 Å². The van der Waals surface area contributed by atoms with E-state index in [9.17, 15) is 26.4 Å². The highest BCUT2D eigenvalue weighted by Gasteiger charge is 2.36. The summed E-state index contributed by atoms with van der Waals surface area (Å²) in [5.41, 5.74) is -0.569. The third kappa shape index (κ3) is 4.49. The van der Waals surface area contributed by atoms with Gasteiger partial charge in [0.05, 0.1) is 21.8 Å². The molecule has 0 saturated carbocycles. The van der Waals surface area contributed by atoms with Gasteiger partial charge < -0.3 is 14.8 Å². The average molecular weight is 489 g/mol. The molecule has 4 rings (SSSR count). The van der Waals surface area contributed by atoms with Gasteiger partial charge in [-0.2, -0.15) is 13.2 Å². The number of halogens is 3. The maximum absolute atomic E-state index is 13.7. The molecule has 3 aromatic carbocycles. The quantitative estimate of drug-likeness (QED) is 0.360. The summed E-state index contributed by atoms with van der Waals surface area (Å²) in [5.74, 6) is -1.74. The smallest absolute Gasteiger partial charge is 0.420 e. The fourth-order valence-electron chi connectivity index (χ4n) is 3.68. The van der Waals surface area contributed by atoms with Crippen LogP contribution in [-0.2, 0) is 27.2 Å². The monoisotopic (exact) mass is 489 g/mol. The van der Waals surface area contributed by atoms with Crippen molar-refractivity contribution in [1.82, 2.24) is 4.98 Å². The Kier molecular flexibility index (Phi) is 5.86. The predicted molar refractivity (Wildman–Crippen MR) is 118 cm³/mol. The second kappa shape index (κ2) is 8.53. The van der Waals surface area contributed by atoms with E-state index in [2.05, 4.69) is 4.98 Å². The molecule has 0 spiro atoms. The lowest BCUT2D eigenvalue weighted by atomic mass is 10.0. The zero-order valence-corrected chi connectivity index (χ0v) is 18.5. The zero-order valence-electron chi connectivity index (χ0n) is 17.7. The van der Waals surface area contributed by atoms with Crippen molar-refractivity contribution in [2.24, 2.45) is 0 Å². The molecule has 0 aliphatic heterocycles. The van der Waals surface area contributed by atoms with Crippen LogP contribution in [0.5, 0.6) is 11.5 Å². The second-order valence-electron chi connectivity index (χ2n) is 7.64. The summed E-state index contributed by atoms with van der Waals surface area (Å²) in [5, 5.41) is 9.20. The SMILES string of the molecule is Cc1cc(CC(=O)O)cc(C(F)(F)F)c1Oc1ccc2[nH]cc(S(=O)(=O)c3ccccc3)c2c1. The van der Waals surface area contributed by atoms with Gasteiger partial charge in [-0.1, -0.05) is 24.3 Å². The molecule has 1 aromatic heterocycles. The summed E-state index contributed by atoms with van der Waals surface area (Å²) in [6.07, 6.45) is -4.04.